The highest BCUT2D eigenvalue weighted by Crippen LogP contribution is 2.10. The number of nitrogens with one attached hydrogen (secondary N) is 1. The highest BCUT2D eigenvalue weighted by molar-refractivity contribution is 5.38. The Morgan fingerprint density at radius 3 is 2.17 bits per heavy atom. The summed E-state index contributed by atoms with van der Waals surface area (Å²) in [5.41, 5.74) is 1.08. The predicted octanol–water partition coefficient (Wildman–Crippen LogP) is 2.09. The van der Waals surface area contributed by atoms with Gasteiger partial charge in [0.25, 0.3) is 0 Å². The van der Waals surface area contributed by atoms with Crippen LogP contribution in [-0.2, 0) is 16.0 Å². The van der Waals surface area contributed by atoms with Crippen molar-refractivity contribution in [3.05, 3.63) is 47.0 Å². The zero-order valence-electron chi connectivity index (χ0n) is 17.4. The topological polar surface area (TPSA) is 84.6 Å². The average Bonchev–Trinajstić information content (AvgIpc) is 2.74. The van der Waals surface area contributed by atoms with Crippen LogP contribution in [0.2, 0.25) is 0 Å². The maximum Gasteiger partial charge on any atom is 0.169 e. The fraction of sp³-hybridized carbons (Fsp3) is 0.524. The van der Waals surface area contributed by atoms with Gasteiger partial charge in [-0.2, -0.15) is 10.5 Å². The van der Waals surface area contributed by atoms with Crippen LogP contribution in [0.1, 0.15) is 12.0 Å². The number of allylic oxidation sites excluding steroid dienone is 1. The van der Waals surface area contributed by atoms with Crippen LogP contribution in [0.3, 0.4) is 0 Å². The molecule has 1 rings (SSSR count). The van der Waals surface area contributed by atoms with Crippen molar-refractivity contribution in [2.75, 3.05) is 60.7 Å². The molecule has 0 spiro atoms. The van der Waals surface area contributed by atoms with Gasteiger partial charge in [-0.1, -0.05) is 12.1 Å². The van der Waals surface area contributed by atoms with Crippen LogP contribution >= 0.6 is 0 Å². The maximum absolute atomic E-state index is 13.1. The zero-order valence-corrected chi connectivity index (χ0v) is 17.4. The van der Waals surface area contributed by atoms with Crippen molar-refractivity contribution < 1.29 is 13.9 Å². The van der Waals surface area contributed by atoms with Gasteiger partial charge in [0.05, 0.1) is 13.2 Å². The SMILES string of the molecule is CNC(=C(C#N)C#N)N(CCCN(CCOC)Cc1ccc(F)cc1)CCOC. The largest absolute Gasteiger partial charge is 0.383 e. The minimum Gasteiger partial charge on any atom is -0.383 e. The van der Waals surface area contributed by atoms with Gasteiger partial charge in [0.2, 0.25) is 0 Å². The van der Waals surface area contributed by atoms with E-state index in [0.717, 1.165) is 25.1 Å². The zero-order chi connectivity index (χ0) is 21.5. The van der Waals surface area contributed by atoms with Crippen LogP contribution in [0, 0.1) is 28.5 Å². The first-order chi connectivity index (χ1) is 14.1. The number of nitriles is 2. The Balaban J connectivity index is 2.78. The van der Waals surface area contributed by atoms with Crippen LogP contribution in [0.5, 0.6) is 0 Å². The monoisotopic (exact) mass is 403 g/mol. The summed E-state index contributed by atoms with van der Waals surface area (Å²) in [5.74, 6) is 0.261. The Labute approximate surface area is 172 Å². The van der Waals surface area contributed by atoms with E-state index in [-0.39, 0.29) is 11.4 Å². The van der Waals surface area contributed by atoms with Crippen LogP contribution in [0.15, 0.2) is 35.7 Å². The molecule has 0 saturated carbocycles. The number of rotatable bonds is 14. The highest BCUT2D eigenvalue weighted by atomic mass is 19.1. The molecule has 7 nitrogen and oxygen atoms in total. The number of ether oxygens (including phenoxy) is 2. The first-order valence-electron chi connectivity index (χ1n) is 9.51. The molecule has 0 radical (unpaired) electrons. The number of benzene rings is 1. The summed E-state index contributed by atoms with van der Waals surface area (Å²) in [6.07, 6.45) is 0.809. The average molecular weight is 404 g/mol. The molecular weight excluding hydrogens is 373 g/mol. The normalized spacial score (nSPS) is 10.3. The third kappa shape index (κ3) is 8.93. The highest BCUT2D eigenvalue weighted by Gasteiger charge is 2.15. The lowest BCUT2D eigenvalue weighted by Gasteiger charge is -2.29. The molecular formula is C21H30FN5O2. The minimum absolute atomic E-state index is 0.0474. The van der Waals surface area contributed by atoms with Crippen molar-refractivity contribution >= 4 is 0 Å². The Morgan fingerprint density at radius 2 is 1.62 bits per heavy atom. The molecule has 0 aliphatic rings. The van der Waals surface area contributed by atoms with E-state index >= 15 is 0 Å². The Bertz CT molecular complexity index is 693. The van der Waals surface area contributed by atoms with E-state index in [1.807, 2.05) is 17.0 Å². The second-order valence-corrected chi connectivity index (χ2v) is 6.43. The molecule has 0 amide bonds. The van der Waals surface area contributed by atoms with E-state index in [1.165, 1.54) is 12.1 Å². The van der Waals surface area contributed by atoms with Crippen LogP contribution in [0.4, 0.5) is 4.39 Å². The van der Waals surface area contributed by atoms with Gasteiger partial charge in [-0.3, -0.25) is 4.90 Å². The minimum atomic E-state index is -0.247. The molecule has 1 aromatic rings. The lowest BCUT2D eigenvalue weighted by molar-refractivity contribution is 0.135. The standard InChI is InChI=1S/C21H30FN5O2/c1-25-21(19(15-23)16-24)27(12-14-29-3)10-4-9-26(11-13-28-2)17-18-5-7-20(22)8-6-18/h5-8,25H,4,9-14,17H2,1-3H3. The third-order valence-corrected chi connectivity index (χ3v) is 4.41. The molecule has 0 bridgehead atoms. The Hall–Kier alpha value is -2.65. The molecule has 8 heteroatoms. The van der Waals surface area contributed by atoms with E-state index in [0.29, 0.717) is 38.7 Å². The Kier molecular flexibility index (Phi) is 12.1. The van der Waals surface area contributed by atoms with E-state index in [1.54, 1.807) is 33.4 Å². The molecule has 158 valence electrons. The van der Waals surface area contributed by atoms with Crippen LogP contribution in [-0.4, -0.2) is 70.5 Å². The van der Waals surface area contributed by atoms with Crippen molar-refractivity contribution in [1.29, 1.82) is 10.5 Å². The predicted molar refractivity (Wildman–Crippen MR) is 109 cm³/mol. The summed E-state index contributed by atoms with van der Waals surface area (Å²) in [7, 11) is 4.98. The number of halogens is 1. The van der Waals surface area contributed by atoms with Crippen molar-refractivity contribution in [3.63, 3.8) is 0 Å². The van der Waals surface area contributed by atoms with Crippen molar-refractivity contribution in [3.8, 4) is 12.1 Å². The molecule has 1 aromatic carbocycles. The van der Waals surface area contributed by atoms with Crippen LogP contribution < -0.4 is 5.32 Å². The summed E-state index contributed by atoms with van der Waals surface area (Å²) in [4.78, 5) is 4.20. The molecule has 0 atom stereocenters. The Morgan fingerprint density at radius 1 is 1.00 bits per heavy atom. The smallest absolute Gasteiger partial charge is 0.169 e. The van der Waals surface area contributed by atoms with Crippen molar-refractivity contribution in [2.45, 2.75) is 13.0 Å². The van der Waals surface area contributed by atoms with Gasteiger partial charge in [0, 0.05) is 54.0 Å². The summed E-state index contributed by atoms with van der Waals surface area (Å²) in [6, 6.07) is 10.4. The van der Waals surface area contributed by atoms with Gasteiger partial charge in [-0.25, -0.2) is 4.39 Å². The van der Waals surface area contributed by atoms with E-state index in [4.69, 9.17) is 9.47 Å². The third-order valence-electron chi connectivity index (χ3n) is 4.41. The van der Waals surface area contributed by atoms with Gasteiger partial charge in [-0.15, -0.1) is 0 Å². The maximum atomic E-state index is 13.1. The van der Waals surface area contributed by atoms with E-state index in [2.05, 4.69) is 10.2 Å². The van der Waals surface area contributed by atoms with Gasteiger partial charge < -0.3 is 19.7 Å². The molecule has 0 aliphatic carbocycles. The van der Waals surface area contributed by atoms with Crippen molar-refractivity contribution in [2.24, 2.45) is 0 Å². The molecule has 0 aliphatic heterocycles. The molecule has 0 fully saturated rings. The fourth-order valence-corrected chi connectivity index (χ4v) is 2.93. The number of hydrogen-bond acceptors (Lipinski definition) is 7. The second kappa shape index (κ2) is 14.4. The fourth-order valence-electron chi connectivity index (χ4n) is 2.93. The van der Waals surface area contributed by atoms with Gasteiger partial charge >= 0.3 is 0 Å². The summed E-state index contributed by atoms with van der Waals surface area (Å²) < 4.78 is 23.5. The molecule has 0 saturated heterocycles. The number of nitrogens with zero attached hydrogens (tertiary/aromatic N) is 4. The summed E-state index contributed by atoms with van der Waals surface area (Å²) in [6.45, 7) is 4.53. The molecule has 29 heavy (non-hydrogen) atoms. The molecule has 1 N–H and O–H groups in total. The van der Waals surface area contributed by atoms with Crippen molar-refractivity contribution in [1.82, 2.24) is 15.1 Å². The second-order valence-electron chi connectivity index (χ2n) is 6.43. The summed E-state index contributed by atoms with van der Waals surface area (Å²) in [5, 5.41) is 21.4. The quantitative estimate of drug-likeness (QED) is 0.476. The first kappa shape index (κ1) is 24.4. The van der Waals surface area contributed by atoms with E-state index in [9.17, 15) is 14.9 Å². The van der Waals surface area contributed by atoms with Gasteiger partial charge in [-0.05, 0) is 24.1 Å². The summed E-state index contributed by atoms with van der Waals surface area (Å²) >= 11 is 0. The van der Waals surface area contributed by atoms with E-state index < -0.39 is 0 Å². The molecule has 0 aromatic heterocycles. The molecule has 0 heterocycles. The molecule has 0 unspecified atom stereocenters. The number of methoxy groups -OCH3 is 2. The number of hydrogen-bond donors (Lipinski definition) is 1. The van der Waals surface area contributed by atoms with Gasteiger partial charge in [0.15, 0.2) is 5.57 Å². The van der Waals surface area contributed by atoms with Crippen LogP contribution in [0.25, 0.3) is 0 Å². The van der Waals surface area contributed by atoms with Gasteiger partial charge in [0.1, 0.15) is 23.8 Å². The lowest BCUT2D eigenvalue weighted by atomic mass is 10.2. The lowest BCUT2D eigenvalue weighted by Crippen LogP contribution is -2.36. The first-order valence-corrected chi connectivity index (χ1v) is 9.51.